The second-order valence-electron chi connectivity index (χ2n) is 4.00. The smallest absolute Gasteiger partial charge is 0.337 e. The number of non-ortho nitro benzene ring substituents is 1. The molecule has 0 aliphatic rings. The van der Waals surface area contributed by atoms with Gasteiger partial charge in [0, 0.05) is 24.8 Å². The number of carboxylic acid groups (broad SMARTS) is 1. The van der Waals surface area contributed by atoms with Gasteiger partial charge in [0.15, 0.2) is 0 Å². The van der Waals surface area contributed by atoms with E-state index in [-0.39, 0.29) is 23.0 Å². The van der Waals surface area contributed by atoms with Crippen LogP contribution >= 0.6 is 0 Å². The molecule has 0 aromatic heterocycles. The number of nitro groups is 1. The summed E-state index contributed by atoms with van der Waals surface area (Å²) in [6.45, 7) is 4.59. The average molecular weight is 268 g/mol. The standard InChI is InChI=1S/C12H16N2O5/c1-3-19-7-8(2)13-11-6-9(14(17)18)4-5-10(11)12(15)16/h4-6,8,13H,3,7H2,1-2H3,(H,15,16). The number of anilines is 1. The number of carboxylic acids is 1. The van der Waals surface area contributed by atoms with Crippen LogP contribution < -0.4 is 5.32 Å². The number of benzene rings is 1. The minimum Gasteiger partial charge on any atom is -0.478 e. The van der Waals surface area contributed by atoms with Crippen LogP contribution in [0.2, 0.25) is 0 Å². The molecular formula is C12H16N2O5. The Balaban J connectivity index is 2.97. The SMILES string of the molecule is CCOCC(C)Nc1cc([N+](=O)[O-])ccc1C(=O)O. The number of nitrogens with one attached hydrogen (secondary N) is 1. The maximum Gasteiger partial charge on any atom is 0.337 e. The van der Waals surface area contributed by atoms with Crippen molar-refractivity contribution in [2.75, 3.05) is 18.5 Å². The zero-order valence-electron chi connectivity index (χ0n) is 10.8. The Morgan fingerprint density at radius 2 is 2.26 bits per heavy atom. The van der Waals surface area contributed by atoms with E-state index < -0.39 is 10.9 Å². The lowest BCUT2D eigenvalue weighted by atomic mass is 10.1. The highest BCUT2D eigenvalue weighted by molar-refractivity contribution is 5.94. The van der Waals surface area contributed by atoms with Crippen LogP contribution in [-0.2, 0) is 4.74 Å². The molecule has 7 nitrogen and oxygen atoms in total. The van der Waals surface area contributed by atoms with Crippen molar-refractivity contribution in [1.29, 1.82) is 0 Å². The van der Waals surface area contributed by atoms with Crippen molar-refractivity contribution in [2.24, 2.45) is 0 Å². The maximum atomic E-state index is 11.1. The van der Waals surface area contributed by atoms with E-state index in [0.717, 1.165) is 0 Å². The molecule has 1 atom stereocenters. The largest absolute Gasteiger partial charge is 0.478 e. The molecule has 1 unspecified atom stereocenters. The van der Waals surface area contributed by atoms with Crippen LogP contribution in [0.4, 0.5) is 11.4 Å². The summed E-state index contributed by atoms with van der Waals surface area (Å²) in [4.78, 5) is 21.2. The third kappa shape index (κ3) is 4.22. The van der Waals surface area contributed by atoms with Crippen LogP contribution in [-0.4, -0.2) is 35.3 Å². The molecule has 7 heteroatoms. The Kier molecular flexibility index (Phi) is 5.25. The van der Waals surface area contributed by atoms with Crippen LogP contribution in [0.1, 0.15) is 24.2 Å². The van der Waals surface area contributed by atoms with E-state index in [1.54, 1.807) is 6.92 Å². The number of nitrogens with zero attached hydrogens (tertiary/aromatic N) is 1. The van der Waals surface area contributed by atoms with Crippen molar-refractivity contribution in [3.8, 4) is 0 Å². The van der Waals surface area contributed by atoms with Gasteiger partial charge in [-0.2, -0.15) is 0 Å². The molecule has 0 amide bonds. The van der Waals surface area contributed by atoms with E-state index >= 15 is 0 Å². The fourth-order valence-electron chi connectivity index (χ4n) is 1.55. The van der Waals surface area contributed by atoms with Gasteiger partial charge in [-0.3, -0.25) is 10.1 Å². The number of aromatic carboxylic acids is 1. The molecular weight excluding hydrogens is 252 g/mol. The first-order chi connectivity index (χ1) is 8.95. The predicted molar refractivity (Wildman–Crippen MR) is 69.6 cm³/mol. The van der Waals surface area contributed by atoms with E-state index in [1.165, 1.54) is 18.2 Å². The van der Waals surface area contributed by atoms with E-state index in [2.05, 4.69) is 5.32 Å². The van der Waals surface area contributed by atoms with Gasteiger partial charge in [0.25, 0.3) is 5.69 Å². The third-order valence-electron chi connectivity index (χ3n) is 2.42. The zero-order valence-corrected chi connectivity index (χ0v) is 10.8. The van der Waals surface area contributed by atoms with Gasteiger partial charge in [0.1, 0.15) is 0 Å². The Morgan fingerprint density at radius 3 is 2.79 bits per heavy atom. The second kappa shape index (κ2) is 6.69. The Bertz CT molecular complexity index is 475. The van der Waals surface area contributed by atoms with E-state index in [1.807, 2.05) is 6.92 Å². The molecule has 0 radical (unpaired) electrons. The number of nitro benzene ring substituents is 1. The topological polar surface area (TPSA) is 102 Å². The minimum atomic E-state index is -1.14. The molecule has 2 N–H and O–H groups in total. The van der Waals surface area contributed by atoms with Crippen LogP contribution in [0.25, 0.3) is 0 Å². The maximum absolute atomic E-state index is 11.1. The third-order valence-corrected chi connectivity index (χ3v) is 2.42. The Morgan fingerprint density at radius 1 is 1.58 bits per heavy atom. The second-order valence-corrected chi connectivity index (χ2v) is 4.00. The van der Waals surface area contributed by atoms with Gasteiger partial charge in [0.05, 0.1) is 22.8 Å². The van der Waals surface area contributed by atoms with E-state index in [4.69, 9.17) is 9.84 Å². The lowest BCUT2D eigenvalue weighted by Crippen LogP contribution is -2.23. The molecule has 1 aromatic rings. The summed E-state index contributed by atoms with van der Waals surface area (Å²) in [6.07, 6.45) is 0. The average Bonchev–Trinajstić information content (AvgIpc) is 2.35. The van der Waals surface area contributed by atoms with Gasteiger partial charge in [-0.1, -0.05) is 0 Å². The van der Waals surface area contributed by atoms with Crippen molar-refractivity contribution < 1.29 is 19.6 Å². The van der Waals surface area contributed by atoms with Crippen LogP contribution in [0.5, 0.6) is 0 Å². The quantitative estimate of drug-likeness (QED) is 0.580. The fourth-order valence-corrected chi connectivity index (χ4v) is 1.55. The number of hydrogen-bond donors (Lipinski definition) is 2. The van der Waals surface area contributed by atoms with Gasteiger partial charge in [-0.25, -0.2) is 4.79 Å². The zero-order chi connectivity index (χ0) is 14.4. The number of carbonyl (C=O) groups is 1. The monoisotopic (exact) mass is 268 g/mol. The lowest BCUT2D eigenvalue weighted by molar-refractivity contribution is -0.384. The highest BCUT2D eigenvalue weighted by Crippen LogP contribution is 2.23. The van der Waals surface area contributed by atoms with Crippen LogP contribution in [0.3, 0.4) is 0 Å². The summed E-state index contributed by atoms with van der Waals surface area (Å²) < 4.78 is 5.20. The highest BCUT2D eigenvalue weighted by Gasteiger charge is 2.16. The Hall–Kier alpha value is -2.15. The minimum absolute atomic E-state index is 0.00560. The van der Waals surface area contributed by atoms with Gasteiger partial charge in [-0.05, 0) is 19.9 Å². The van der Waals surface area contributed by atoms with Crippen molar-refractivity contribution in [3.63, 3.8) is 0 Å². The molecule has 0 aliphatic carbocycles. The summed E-state index contributed by atoms with van der Waals surface area (Å²) in [5.74, 6) is -1.14. The van der Waals surface area contributed by atoms with E-state index in [0.29, 0.717) is 13.2 Å². The van der Waals surface area contributed by atoms with Gasteiger partial charge >= 0.3 is 5.97 Å². The summed E-state index contributed by atoms with van der Waals surface area (Å²) in [5.41, 5.74) is 0.0546. The van der Waals surface area contributed by atoms with Gasteiger partial charge in [-0.15, -0.1) is 0 Å². The van der Waals surface area contributed by atoms with Crippen molar-refractivity contribution in [3.05, 3.63) is 33.9 Å². The summed E-state index contributed by atoms with van der Waals surface area (Å²) in [7, 11) is 0. The summed E-state index contributed by atoms with van der Waals surface area (Å²) in [5, 5.41) is 22.7. The molecule has 104 valence electrons. The molecule has 0 aliphatic heterocycles. The number of ether oxygens (including phenoxy) is 1. The van der Waals surface area contributed by atoms with Crippen molar-refractivity contribution >= 4 is 17.3 Å². The van der Waals surface area contributed by atoms with Crippen LogP contribution in [0.15, 0.2) is 18.2 Å². The molecule has 1 aromatic carbocycles. The molecule has 1 rings (SSSR count). The molecule has 19 heavy (non-hydrogen) atoms. The molecule has 0 spiro atoms. The first kappa shape index (κ1) is 14.9. The molecule has 0 saturated carbocycles. The number of hydrogen-bond acceptors (Lipinski definition) is 5. The van der Waals surface area contributed by atoms with Crippen molar-refractivity contribution in [1.82, 2.24) is 0 Å². The predicted octanol–water partition coefficient (Wildman–Crippen LogP) is 2.13. The summed E-state index contributed by atoms with van der Waals surface area (Å²) in [6, 6.07) is 3.45. The molecule has 0 heterocycles. The van der Waals surface area contributed by atoms with Crippen LogP contribution in [0, 0.1) is 10.1 Å². The normalized spacial score (nSPS) is 11.9. The number of rotatable bonds is 7. The van der Waals surface area contributed by atoms with Gasteiger partial charge in [0.2, 0.25) is 0 Å². The Labute approximate surface area is 110 Å². The lowest BCUT2D eigenvalue weighted by Gasteiger charge is -2.16. The fraction of sp³-hybridized carbons (Fsp3) is 0.417. The highest BCUT2D eigenvalue weighted by atomic mass is 16.6. The van der Waals surface area contributed by atoms with Gasteiger partial charge < -0.3 is 15.2 Å². The molecule has 0 bridgehead atoms. The van der Waals surface area contributed by atoms with Crippen molar-refractivity contribution in [2.45, 2.75) is 19.9 Å². The molecule has 0 fully saturated rings. The summed E-state index contributed by atoms with van der Waals surface area (Å²) >= 11 is 0. The molecule has 0 saturated heterocycles. The van der Waals surface area contributed by atoms with E-state index in [9.17, 15) is 14.9 Å². The first-order valence-corrected chi connectivity index (χ1v) is 5.81. The first-order valence-electron chi connectivity index (χ1n) is 5.81.